The fraction of sp³-hybridized carbons (Fsp3) is 0.379. The fourth-order valence-electron chi connectivity index (χ4n) is 5.09. The van der Waals surface area contributed by atoms with E-state index in [0.29, 0.717) is 0 Å². The molecule has 0 aliphatic carbocycles. The molecule has 2 aliphatic rings. The number of nitrogens with one attached hydrogen (secondary N) is 4. The second kappa shape index (κ2) is 10.1. The Morgan fingerprint density at radius 3 is 1.29 bits per heavy atom. The second-order valence-corrected chi connectivity index (χ2v) is 11.2. The van der Waals surface area contributed by atoms with Gasteiger partial charge in [0.05, 0.1) is 0 Å². The summed E-state index contributed by atoms with van der Waals surface area (Å²) in [4.78, 5) is 14.5. The van der Waals surface area contributed by atoms with Crippen LogP contribution in [0.15, 0.2) is 33.7 Å². The molecule has 6 heteroatoms. The molecule has 184 valence electrons. The average Bonchev–Trinajstić information content (AvgIpc) is 3.45. The van der Waals surface area contributed by atoms with E-state index in [2.05, 4.69) is 119 Å². The number of hydrogen-bond donors (Lipinski definition) is 4. The summed E-state index contributed by atoms with van der Waals surface area (Å²) in [6.45, 7) is 17.6. The smallest absolute Gasteiger partial charge is 0.250 e. The van der Waals surface area contributed by atoms with E-state index < -0.39 is 0 Å². The van der Waals surface area contributed by atoms with Crippen LogP contribution in [-0.2, 0) is 19.3 Å². The van der Waals surface area contributed by atoms with E-state index in [1.807, 2.05) is 0 Å². The first-order chi connectivity index (χ1) is 16.6. The van der Waals surface area contributed by atoms with E-state index in [1.54, 1.807) is 0 Å². The molecule has 4 rings (SSSR count). The van der Waals surface area contributed by atoms with Gasteiger partial charge < -0.3 is 9.97 Å². The fourth-order valence-corrected chi connectivity index (χ4v) is 6.11. The molecule has 0 saturated carbocycles. The van der Waals surface area contributed by atoms with E-state index >= 15 is 0 Å². The number of halogens is 2. The van der Waals surface area contributed by atoms with Gasteiger partial charge in [0, 0.05) is 95.5 Å². The topological polar surface area (TPSA) is 59.5 Å². The molecular weight excluding hydrogens is 564 g/mol. The predicted molar refractivity (Wildman–Crippen MR) is 155 cm³/mol. The van der Waals surface area contributed by atoms with Gasteiger partial charge in [0.25, 0.3) is 0 Å². The van der Waals surface area contributed by atoms with Crippen LogP contribution in [0.1, 0.15) is 86.6 Å². The Balaban J connectivity index is 1.73. The molecule has 2 aromatic heterocycles. The minimum absolute atomic E-state index is 0.870. The van der Waals surface area contributed by atoms with Crippen LogP contribution in [0, 0.1) is 13.8 Å². The van der Waals surface area contributed by atoms with Crippen molar-refractivity contribution >= 4 is 53.3 Å². The molecule has 0 atom stereocenters. The number of rotatable bonds is 6. The summed E-state index contributed by atoms with van der Waals surface area (Å²) in [7, 11) is 0. The molecule has 0 unspecified atom stereocenters. The van der Waals surface area contributed by atoms with Crippen LogP contribution in [0.25, 0.3) is 12.2 Å². The van der Waals surface area contributed by atoms with Gasteiger partial charge in [-0.1, -0.05) is 13.8 Å². The Labute approximate surface area is 225 Å². The van der Waals surface area contributed by atoms with Crippen LogP contribution in [-0.4, -0.2) is 19.2 Å². The maximum atomic E-state index is 3.77. The highest BCUT2D eigenvalue weighted by molar-refractivity contribution is 9.18. The van der Waals surface area contributed by atoms with Gasteiger partial charge in [-0.25, -0.2) is 0 Å². The van der Waals surface area contributed by atoms with Crippen LogP contribution in [0.4, 0.5) is 0 Å². The van der Waals surface area contributed by atoms with Gasteiger partial charge in [-0.15, -0.1) is 0 Å². The lowest BCUT2D eigenvalue weighted by molar-refractivity contribution is -0.382. The second-order valence-electron chi connectivity index (χ2n) is 9.62. The summed E-state index contributed by atoms with van der Waals surface area (Å²) < 4.78 is 2.11. The van der Waals surface area contributed by atoms with Crippen molar-refractivity contribution < 1.29 is 9.98 Å². The van der Waals surface area contributed by atoms with Crippen molar-refractivity contribution in [2.45, 2.75) is 74.7 Å². The first-order valence-corrected chi connectivity index (χ1v) is 13.9. The monoisotopic (exact) mass is 598 g/mol. The lowest BCUT2D eigenvalue weighted by atomic mass is 10.0. The zero-order valence-corrected chi connectivity index (χ0v) is 25.2. The Hall–Kier alpha value is -2.18. The van der Waals surface area contributed by atoms with Crippen LogP contribution < -0.4 is 9.98 Å². The lowest BCUT2D eigenvalue weighted by Crippen LogP contribution is -2.66. The Kier molecular flexibility index (Phi) is 7.44. The van der Waals surface area contributed by atoms with E-state index in [1.165, 1.54) is 67.3 Å². The minimum Gasteiger partial charge on any atom is -0.358 e. The third-order valence-electron chi connectivity index (χ3n) is 7.73. The van der Waals surface area contributed by atoms with Crippen molar-refractivity contribution in [2.24, 2.45) is 0 Å². The lowest BCUT2D eigenvalue weighted by Gasteiger charge is -2.05. The highest BCUT2D eigenvalue weighted by atomic mass is 79.9. The van der Waals surface area contributed by atoms with Crippen LogP contribution >= 0.6 is 31.9 Å². The van der Waals surface area contributed by atoms with Gasteiger partial charge in [-0.05, 0) is 76.6 Å². The molecule has 4 nitrogen and oxygen atoms in total. The van der Waals surface area contributed by atoms with Crippen LogP contribution in [0.5, 0.6) is 0 Å². The highest BCUT2D eigenvalue weighted by Gasteiger charge is 2.25. The van der Waals surface area contributed by atoms with Crippen LogP contribution in [0.3, 0.4) is 0 Å². The molecule has 0 fully saturated rings. The first-order valence-electron chi connectivity index (χ1n) is 12.4. The number of aromatic amines is 2. The molecule has 35 heavy (non-hydrogen) atoms. The third kappa shape index (κ3) is 4.67. The minimum atomic E-state index is 0.870. The maximum absolute atomic E-state index is 3.77. The molecule has 0 saturated heterocycles. The number of H-pyrrole nitrogens is 2. The van der Waals surface area contributed by atoms with E-state index in [4.69, 9.17) is 0 Å². The highest BCUT2D eigenvalue weighted by Crippen LogP contribution is 2.29. The van der Waals surface area contributed by atoms with Crippen molar-refractivity contribution in [3.05, 3.63) is 78.7 Å². The SMILES string of the molecule is CCc1c(Cc2[nH]c(/C=C3\[NH+]=C(Br)C(C)=C3C)c(C)c2CC)[nH]c(C=C2[NH+]=C(Br)C(C)=C2C)c1C. The van der Waals surface area contributed by atoms with Crippen molar-refractivity contribution in [3.63, 3.8) is 0 Å². The van der Waals surface area contributed by atoms with E-state index in [-0.39, 0.29) is 0 Å². The molecule has 0 spiro atoms. The molecule has 0 aromatic carbocycles. The standard InChI is InChI=1S/C29H34Br2N4/c1-9-20-18(7)24(11-22-14(3)16(5)28(30)34-22)32-26(20)13-27-21(10-2)19(8)25(33-27)12-23-15(4)17(6)29(31)35-23/h11-12,32-33H,9-10,13H2,1-8H3/p+2/b22-11-,23-12?. The number of aromatic nitrogens is 2. The van der Waals surface area contributed by atoms with Gasteiger partial charge in [-0.3, -0.25) is 0 Å². The molecule has 2 aliphatic heterocycles. The van der Waals surface area contributed by atoms with Crippen molar-refractivity contribution in [3.8, 4) is 0 Å². The molecule has 0 radical (unpaired) electrons. The largest absolute Gasteiger partial charge is 0.358 e. The molecule has 0 amide bonds. The molecule has 0 bridgehead atoms. The van der Waals surface area contributed by atoms with Gasteiger partial charge in [0.15, 0.2) is 0 Å². The summed E-state index contributed by atoms with van der Waals surface area (Å²) in [5, 5.41) is 0. The number of allylic oxidation sites excluding steroid dienone is 4. The Bertz CT molecular complexity index is 1290. The van der Waals surface area contributed by atoms with Crippen molar-refractivity contribution in [1.82, 2.24) is 9.97 Å². The van der Waals surface area contributed by atoms with Crippen molar-refractivity contribution in [1.29, 1.82) is 0 Å². The summed E-state index contributed by atoms with van der Waals surface area (Å²) in [6, 6.07) is 0. The van der Waals surface area contributed by atoms with Gasteiger partial charge in [-0.2, -0.15) is 9.98 Å². The summed E-state index contributed by atoms with van der Waals surface area (Å²) >= 11 is 7.27. The van der Waals surface area contributed by atoms with Crippen LogP contribution in [0.2, 0.25) is 0 Å². The first kappa shape index (κ1) is 25.9. The predicted octanol–water partition coefficient (Wildman–Crippen LogP) is 4.81. The summed E-state index contributed by atoms with van der Waals surface area (Å²) in [6.07, 6.45) is 7.38. The number of hydrogen-bond acceptors (Lipinski definition) is 0. The zero-order chi connectivity index (χ0) is 25.6. The summed E-state index contributed by atoms with van der Waals surface area (Å²) in [5.41, 5.74) is 17.8. The molecule has 4 N–H and O–H groups in total. The Morgan fingerprint density at radius 1 is 0.629 bits per heavy atom. The molecular formula is C29H36Br2N4+2. The maximum Gasteiger partial charge on any atom is 0.250 e. The van der Waals surface area contributed by atoms with Gasteiger partial charge in [0.2, 0.25) is 20.6 Å². The summed E-state index contributed by atoms with van der Waals surface area (Å²) in [5.74, 6) is 0. The normalized spacial score (nSPS) is 18.6. The quantitative estimate of drug-likeness (QED) is 0.369. The third-order valence-corrected chi connectivity index (χ3v) is 9.32. The van der Waals surface area contributed by atoms with E-state index in [0.717, 1.165) is 39.9 Å². The average molecular weight is 600 g/mol. The van der Waals surface area contributed by atoms with Crippen molar-refractivity contribution in [2.75, 3.05) is 0 Å². The van der Waals surface area contributed by atoms with Gasteiger partial charge in [0.1, 0.15) is 0 Å². The Morgan fingerprint density at radius 2 is 1.00 bits per heavy atom. The van der Waals surface area contributed by atoms with E-state index in [9.17, 15) is 0 Å². The molecule has 2 aromatic rings. The molecule has 4 heterocycles. The zero-order valence-electron chi connectivity index (χ0n) is 22.0. The van der Waals surface area contributed by atoms with Gasteiger partial charge >= 0.3 is 0 Å².